The third-order valence-corrected chi connectivity index (χ3v) is 5.35. The molecule has 1 atom stereocenters. The van der Waals surface area contributed by atoms with Gasteiger partial charge in [0, 0.05) is 0 Å². The summed E-state index contributed by atoms with van der Waals surface area (Å²) in [6.45, 7) is 14.2. The van der Waals surface area contributed by atoms with Crippen molar-refractivity contribution in [1.82, 2.24) is 0 Å². The Morgan fingerprint density at radius 2 is 1.43 bits per heavy atom. The van der Waals surface area contributed by atoms with E-state index in [2.05, 4.69) is 62.9 Å². The van der Waals surface area contributed by atoms with Gasteiger partial charge < -0.3 is 0 Å². The summed E-state index contributed by atoms with van der Waals surface area (Å²) >= 11 is 0. The highest BCUT2D eigenvalue weighted by atomic mass is 31.0. The van der Waals surface area contributed by atoms with Gasteiger partial charge in [0.25, 0.3) is 0 Å². The normalized spacial score (nSPS) is 18.0. The molecular weight excluding hydrogens is 271 g/mol. The first-order chi connectivity index (χ1) is 9.62. The molecule has 1 aromatic rings. The van der Waals surface area contributed by atoms with Gasteiger partial charge in [0.2, 0.25) is 0 Å². The molecule has 0 aromatic heterocycles. The predicted molar refractivity (Wildman–Crippen MR) is 99.0 cm³/mol. The molecule has 21 heavy (non-hydrogen) atoms. The SMILES string of the molecule is CC(C)(C)c1ccc(P)c(C2CCCCC2)c1C(C)(C)C. The third-order valence-electron chi connectivity index (χ3n) is 4.85. The Morgan fingerprint density at radius 1 is 0.857 bits per heavy atom. The van der Waals surface area contributed by atoms with E-state index in [1.807, 2.05) is 0 Å². The zero-order chi connectivity index (χ0) is 15.8. The summed E-state index contributed by atoms with van der Waals surface area (Å²) in [5.74, 6) is 0.766. The van der Waals surface area contributed by atoms with Crippen LogP contribution in [0.2, 0.25) is 0 Å². The van der Waals surface area contributed by atoms with E-state index in [1.54, 1.807) is 16.7 Å². The molecule has 0 nitrogen and oxygen atoms in total. The number of hydrogen-bond donors (Lipinski definition) is 0. The average Bonchev–Trinajstić information content (AvgIpc) is 2.36. The van der Waals surface area contributed by atoms with Crippen LogP contribution in [0.4, 0.5) is 0 Å². The molecule has 1 aromatic carbocycles. The van der Waals surface area contributed by atoms with E-state index < -0.39 is 0 Å². The second kappa shape index (κ2) is 6.04. The number of benzene rings is 1. The summed E-state index contributed by atoms with van der Waals surface area (Å²) in [7, 11) is 3.01. The molecule has 1 aliphatic carbocycles. The van der Waals surface area contributed by atoms with Crippen LogP contribution < -0.4 is 5.30 Å². The Kier molecular flexibility index (Phi) is 4.89. The van der Waals surface area contributed by atoms with Crippen molar-refractivity contribution < 1.29 is 0 Å². The summed E-state index contributed by atoms with van der Waals surface area (Å²) in [5.41, 5.74) is 5.24. The molecule has 0 amide bonds. The second-order valence-corrected chi connectivity index (χ2v) is 9.45. The Labute approximate surface area is 134 Å². The van der Waals surface area contributed by atoms with Crippen LogP contribution >= 0.6 is 9.24 Å². The van der Waals surface area contributed by atoms with E-state index in [0.29, 0.717) is 0 Å². The van der Waals surface area contributed by atoms with Gasteiger partial charge in [-0.15, -0.1) is 9.24 Å². The lowest BCUT2D eigenvalue weighted by Crippen LogP contribution is -2.28. The first-order valence-electron chi connectivity index (χ1n) is 8.55. The fourth-order valence-corrected chi connectivity index (χ4v) is 4.38. The van der Waals surface area contributed by atoms with E-state index in [1.165, 1.54) is 37.4 Å². The molecule has 0 bridgehead atoms. The predicted octanol–water partition coefficient (Wildman–Crippen LogP) is 5.83. The van der Waals surface area contributed by atoms with Gasteiger partial charge in [-0.25, -0.2) is 0 Å². The minimum absolute atomic E-state index is 0.210. The topological polar surface area (TPSA) is 0 Å². The fourth-order valence-electron chi connectivity index (χ4n) is 3.90. The van der Waals surface area contributed by atoms with Gasteiger partial charge in [-0.1, -0.05) is 72.9 Å². The van der Waals surface area contributed by atoms with Gasteiger partial charge in [-0.3, -0.25) is 0 Å². The van der Waals surface area contributed by atoms with E-state index in [4.69, 9.17) is 0 Å². The summed E-state index contributed by atoms with van der Waals surface area (Å²) < 4.78 is 0. The Bertz CT molecular complexity index is 494. The van der Waals surface area contributed by atoms with Gasteiger partial charge in [0.1, 0.15) is 0 Å². The fraction of sp³-hybridized carbons (Fsp3) is 0.700. The van der Waals surface area contributed by atoms with Crippen LogP contribution in [-0.2, 0) is 10.8 Å². The maximum Gasteiger partial charge on any atom is -0.0126 e. The average molecular weight is 304 g/mol. The zero-order valence-corrected chi connectivity index (χ0v) is 16.0. The molecular formula is C20H33P. The molecule has 0 spiro atoms. The van der Waals surface area contributed by atoms with Crippen LogP contribution in [0.1, 0.15) is 96.3 Å². The Hall–Kier alpha value is -0.350. The Morgan fingerprint density at radius 3 is 1.90 bits per heavy atom. The van der Waals surface area contributed by atoms with Crippen molar-refractivity contribution in [1.29, 1.82) is 0 Å². The minimum atomic E-state index is 0.210. The second-order valence-electron chi connectivity index (χ2n) is 8.83. The molecule has 1 aliphatic rings. The van der Waals surface area contributed by atoms with E-state index in [-0.39, 0.29) is 10.8 Å². The highest BCUT2D eigenvalue weighted by Gasteiger charge is 2.31. The molecule has 1 saturated carbocycles. The van der Waals surface area contributed by atoms with Gasteiger partial charge in [-0.2, -0.15) is 0 Å². The molecule has 118 valence electrons. The van der Waals surface area contributed by atoms with Gasteiger partial charge in [0.15, 0.2) is 0 Å². The molecule has 0 N–H and O–H groups in total. The van der Waals surface area contributed by atoms with Crippen molar-refractivity contribution in [3.05, 3.63) is 28.8 Å². The highest BCUT2D eigenvalue weighted by Crippen LogP contribution is 2.42. The maximum absolute atomic E-state index is 3.01. The molecule has 2 rings (SSSR count). The van der Waals surface area contributed by atoms with E-state index >= 15 is 0 Å². The van der Waals surface area contributed by atoms with E-state index in [0.717, 1.165) is 5.92 Å². The summed E-state index contributed by atoms with van der Waals surface area (Å²) in [6, 6.07) is 4.71. The van der Waals surface area contributed by atoms with Crippen molar-refractivity contribution in [3.8, 4) is 0 Å². The van der Waals surface area contributed by atoms with Crippen LogP contribution in [0.5, 0.6) is 0 Å². The van der Waals surface area contributed by atoms with Gasteiger partial charge in [-0.05, 0) is 51.6 Å². The zero-order valence-electron chi connectivity index (χ0n) is 14.8. The van der Waals surface area contributed by atoms with Crippen LogP contribution in [0.15, 0.2) is 12.1 Å². The largest absolute Gasteiger partial charge is 0.105 e. The molecule has 0 heterocycles. The maximum atomic E-state index is 3.01. The first kappa shape index (κ1) is 17.0. The number of rotatable bonds is 1. The smallest absolute Gasteiger partial charge is 0.0126 e. The van der Waals surface area contributed by atoms with E-state index in [9.17, 15) is 0 Å². The standard InChI is InChI=1S/C20H33P/c1-19(2,3)15-12-13-16(21)17(18(15)20(4,5)6)14-10-8-7-9-11-14/h12-14H,7-11,21H2,1-6H3. The lowest BCUT2D eigenvalue weighted by atomic mass is 9.69. The van der Waals surface area contributed by atoms with Crippen molar-refractivity contribution in [2.45, 2.75) is 90.4 Å². The lowest BCUT2D eigenvalue weighted by molar-refractivity contribution is 0.432. The van der Waals surface area contributed by atoms with Crippen LogP contribution in [0.3, 0.4) is 0 Å². The van der Waals surface area contributed by atoms with Gasteiger partial charge in [0.05, 0.1) is 0 Å². The molecule has 1 heteroatoms. The molecule has 1 unspecified atom stereocenters. The van der Waals surface area contributed by atoms with Crippen LogP contribution in [0.25, 0.3) is 0 Å². The molecule has 0 saturated heterocycles. The summed E-state index contributed by atoms with van der Waals surface area (Å²) in [5, 5.41) is 1.43. The molecule has 1 fully saturated rings. The Balaban J connectivity index is 2.66. The van der Waals surface area contributed by atoms with Crippen molar-refractivity contribution in [3.63, 3.8) is 0 Å². The minimum Gasteiger partial charge on any atom is -0.105 e. The van der Waals surface area contributed by atoms with Crippen molar-refractivity contribution in [2.24, 2.45) is 0 Å². The monoisotopic (exact) mass is 304 g/mol. The third kappa shape index (κ3) is 3.70. The number of hydrogen-bond acceptors (Lipinski definition) is 0. The van der Waals surface area contributed by atoms with Crippen LogP contribution in [0, 0.1) is 0 Å². The summed E-state index contributed by atoms with van der Waals surface area (Å²) in [4.78, 5) is 0. The lowest BCUT2D eigenvalue weighted by Gasteiger charge is -2.36. The first-order valence-corrected chi connectivity index (χ1v) is 9.13. The van der Waals surface area contributed by atoms with Crippen molar-refractivity contribution >= 4 is 14.5 Å². The van der Waals surface area contributed by atoms with Gasteiger partial charge >= 0.3 is 0 Å². The van der Waals surface area contributed by atoms with Crippen LogP contribution in [-0.4, -0.2) is 0 Å². The van der Waals surface area contributed by atoms with Crippen molar-refractivity contribution in [2.75, 3.05) is 0 Å². The highest BCUT2D eigenvalue weighted by molar-refractivity contribution is 7.27. The quantitative estimate of drug-likeness (QED) is 0.573. The molecule has 0 aliphatic heterocycles. The summed E-state index contributed by atoms with van der Waals surface area (Å²) in [6.07, 6.45) is 6.97. The molecule has 0 radical (unpaired) electrons.